The maximum Gasteiger partial charge on any atom is -0.00713 e. The fourth-order valence-electron chi connectivity index (χ4n) is 2.03. The summed E-state index contributed by atoms with van der Waals surface area (Å²) >= 11 is 0. The largest absolute Gasteiger partial charge is 0.330 e. The van der Waals surface area contributed by atoms with Gasteiger partial charge in [-0.05, 0) is 42.9 Å². The van der Waals surface area contributed by atoms with Crippen LogP contribution in [-0.4, -0.2) is 6.54 Å². The molecule has 1 atom stereocenters. The van der Waals surface area contributed by atoms with Crippen molar-refractivity contribution in [2.75, 3.05) is 6.54 Å². The summed E-state index contributed by atoms with van der Waals surface area (Å²) in [6.07, 6.45) is 1.09. The molecule has 1 unspecified atom stereocenters. The summed E-state index contributed by atoms with van der Waals surface area (Å²) in [5.74, 6) is 1.28. The van der Waals surface area contributed by atoms with E-state index in [0.717, 1.165) is 13.0 Å². The summed E-state index contributed by atoms with van der Waals surface area (Å²) < 4.78 is 0. The van der Waals surface area contributed by atoms with Gasteiger partial charge in [-0.1, -0.05) is 38.1 Å². The van der Waals surface area contributed by atoms with Gasteiger partial charge in [0, 0.05) is 0 Å². The molecule has 1 heteroatoms. The highest BCUT2D eigenvalue weighted by Gasteiger charge is 2.16. The molecule has 1 aromatic rings. The fraction of sp³-hybridized carbons (Fsp3) is 0.538. The van der Waals surface area contributed by atoms with Crippen LogP contribution in [0.5, 0.6) is 0 Å². The topological polar surface area (TPSA) is 26.0 Å². The molecule has 0 heterocycles. The van der Waals surface area contributed by atoms with Crippen molar-refractivity contribution in [1.29, 1.82) is 0 Å². The van der Waals surface area contributed by atoms with Gasteiger partial charge in [0.2, 0.25) is 0 Å². The second kappa shape index (κ2) is 5.16. The summed E-state index contributed by atoms with van der Waals surface area (Å²) in [4.78, 5) is 0. The number of rotatable bonds is 4. The van der Waals surface area contributed by atoms with Crippen molar-refractivity contribution >= 4 is 0 Å². The molecule has 2 N–H and O–H groups in total. The number of hydrogen-bond donors (Lipinski definition) is 1. The zero-order chi connectivity index (χ0) is 10.6. The Morgan fingerprint density at radius 3 is 2.36 bits per heavy atom. The van der Waals surface area contributed by atoms with E-state index in [2.05, 4.69) is 45.0 Å². The van der Waals surface area contributed by atoms with Crippen LogP contribution < -0.4 is 5.73 Å². The maximum atomic E-state index is 5.65. The quantitative estimate of drug-likeness (QED) is 0.777. The summed E-state index contributed by atoms with van der Waals surface area (Å²) in [6, 6.07) is 8.63. The lowest BCUT2D eigenvalue weighted by atomic mass is 9.84. The molecular weight excluding hydrogens is 170 g/mol. The van der Waals surface area contributed by atoms with Gasteiger partial charge in [0.15, 0.2) is 0 Å². The lowest BCUT2D eigenvalue weighted by Crippen LogP contribution is -2.13. The van der Waals surface area contributed by atoms with Crippen LogP contribution in [0.15, 0.2) is 24.3 Å². The predicted octanol–water partition coefficient (Wildman–Crippen LogP) is 3.08. The molecule has 0 spiro atoms. The van der Waals surface area contributed by atoms with E-state index >= 15 is 0 Å². The smallest absolute Gasteiger partial charge is 0.00713 e. The van der Waals surface area contributed by atoms with Crippen LogP contribution in [0.3, 0.4) is 0 Å². The van der Waals surface area contributed by atoms with E-state index in [1.807, 2.05) is 0 Å². The first-order valence-electron chi connectivity index (χ1n) is 5.42. The van der Waals surface area contributed by atoms with Crippen LogP contribution in [-0.2, 0) is 0 Å². The highest BCUT2D eigenvalue weighted by atomic mass is 14.5. The molecular formula is C13H21N. The van der Waals surface area contributed by atoms with E-state index < -0.39 is 0 Å². The Morgan fingerprint density at radius 1 is 1.21 bits per heavy atom. The van der Waals surface area contributed by atoms with Crippen molar-refractivity contribution in [2.45, 2.75) is 33.1 Å². The number of aryl methyl sites for hydroxylation is 1. The molecule has 1 nitrogen and oxygen atoms in total. The Balaban J connectivity index is 2.93. The van der Waals surface area contributed by atoms with E-state index in [1.54, 1.807) is 0 Å². The van der Waals surface area contributed by atoms with Gasteiger partial charge in [-0.15, -0.1) is 0 Å². The molecule has 1 rings (SSSR count). The van der Waals surface area contributed by atoms with Crippen LogP contribution in [0.25, 0.3) is 0 Å². The Hall–Kier alpha value is -0.820. The first-order chi connectivity index (χ1) is 6.66. The maximum absolute atomic E-state index is 5.65. The van der Waals surface area contributed by atoms with Crippen molar-refractivity contribution in [3.63, 3.8) is 0 Å². The third-order valence-electron chi connectivity index (χ3n) is 2.87. The fourth-order valence-corrected chi connectivity index (χ4v) is 2.03. The Bertz CT molecular complexity index is 278. The monoisotopic (exact) mass is 191 g/mol. The summed E-state index contributed by atoms with van der Waals surface area (Å²) in [5.41, 5.74) is 8.51. The molecule has 0 aliphatic rings. The zero-order valence-electron chi connectivity index (χ0n) is 9.46. The van der Waals surface area contributed by atoms with Crippen LogP contribution in [0.1, 0.15) is 37.3 Å². The van der Waals surface area contributed by atoms with Gasteiger partial charge in [-0.2, -0.15) is 0 Å². The second-order valence-corrected chi connectivity index (χ2v) is 4.28. The van der Waals surface area contributed by atoms with E-state index in [4.69, 9.17) is 5.73 Å². The third kappa shape index (κ3) is 2.58. The van der Waals surface area contributed by atoms with Crippen molar-refractivity contribution in [3.8, 4) is 0 Å². The minimum absolute atomic E-state index is 0.612. The molecule has 78 valence electrons. The molecule has 0 aliphatic carbocycles. The average Bonchev–Trinajstić information content (AvgIpc) is 2.15. The molecule has 14 heavy (non-hydrogen) atoms. The molecule has 0 bridgehead atoms. The summed E-state index contributed by atoms with van der Waals surface area (Å²) in [7, 11) is 0. The molecule has 0 saturated carbocycles. The Morgan fingerprint density at radius 2 is 1.86 bits per heavy atom. The van der Waals surface area contributed by atoms with Gasteiger partial charge in [-0.3, -0.25) is 0 Å². The van der Waals surface area contributed by atoms with Gasteiger partial charge in [-0.25, -0.2) is 0 Å². The number of benzene rings is 1. The molecule has 0 saturated heterocycles. The lowest BCUT2D eigenvalue weighted by Gasteiger charge is -2.22. The molecule has 0 radical (unpaired) electrons. The lowest BCUT2D eigenvalue weighted by molar-refractivity contribution is 0.471. The van der Waals surface area contributed by atoms with Crippen LogP contribution in [0.4, 0.5) is 0 Å². The van der Waals surface area contributed by atoms with Crippen molar-refractivity contribution in [1.82, 2.24) is 0 Å². The first-order valence-corrected chi connectivity index (χ1v) is 5.42. The zero-order valence-corrected chi connectivity index (χ0v) is 9.46. The number of hydrogen-bond acceptors (Lipinski definition) is 1. The standard InChI is InChI=1S/C13H21N/c1-10(2)12(8-9-14)13-7-5-4-6-11(13)3/h4-7,10,12H,8-9,14H2,1-3H3. The normalized spacial score (nSPS) is 13.2. The van der Waals surface area contributed by atoms with Crippen molar-refractivity contribution in [2.24, 2.45) is 11.7 Å². The number of nitrogens with two attached hydrogens (primary N) is 1. The third-order valence-corrected chi connectivity index (χ3v) is 2.87. The van der Waals surface area contributed by atoms with Gasteiger partial charge in [0.05, 0.1) is 0 Å². The highest BCUT2D eigenvalue weighted by Crippen LogP contribution is 2.29. The molecule has 0 aliphatic heterocycles. The SMILES string of the molecule is Cc1ccccc1C(CCN)C(C)C. The highest BCUT2D eigenvalue weighted by molar-refractivity contribution is 5.29. The molecule has 0 amide bonds. The second-order valence-electron chi connectivity index (χ2n) is 4.28. The van der Waals surface area contributed by atoms with Crippen molar-refractivity contribution < 1.29 is 0 Å². The molecule has 0 aromatic heterocycles. The van der Waals surface area contributed by atoms with E-state index in [1.165, 1.54) is 11.1 Å². The van der Waals surface area contributed by atoms with Gasteiger partial charge in [0.25, 0.3) is 0 Å². The van der Waals surface area contributed by atoms with Crippen molar-refractivity contribution in [3.05, 3.63) is 35.4 Å². The minimum Gasteiger partial charge on any atom is -0.330 e. The Kier molecular flexibility index (Phi) is 4.15. The average molecular weight is 191 g/mol. The van der Waals surface area contributed by atoms with Gasteiger partial charge in [0.1, 0.15) is 0 Å². The predicted molar refractivity (Wildman–Crippen MR) is 62.4 cm³/mol. The summed E-state index contributed by atoms with van der Waals surface area (Å²) in [6.45, 7) is 7.50. The first kappa shape index (κ1) is 11.3. The molecule has 1 aromatic carbocycles. The van der Waals surface area contributed by atoms with E-state index in [-0.39, 0.29) is 0 Å². The van der Waals surface area contributed by atoms with E-state index in [9.17, 15) is 0 Å². The Labute approximate surface area is 87.3 Å². The summed E-state index contributed by atoms with van der Waals surface area (Å²) in [5, 5.41) is 0. The van der Waals surface area contributed by atoms with Gasteiger partial charge >= 0.3 is 0 Å². The van der Waals surface area contributed by atoms with E-state index in [0.29, 0.717) is 11.8 Å². The molecule has 0 fully saturated rings. The van der Waals surface area contributed by atoms with Crippen LogP contribution in [0.2, 0.25) is 0 Å². The van der Waals surface area contributed by atoms with Crippen LogP contribution in [0, 0.1) is 12.8 Å². The van der Waals surface area contributed by atoms with Gasteiger partial charge < -0.3 is 5.73 Å². The minimum atomic E-state index is 0.612. The van der Waals surface area contributed by atoms with Crippen LogP contribution >= 0.6 is 0 Å².